The molecule has 0 aliphatic carbocycles. The molecule has 0 atom stereocenters. The molecule has 2 aromatic carbocycles. The van der Waals surface area contributed by atoms with Crippen molar-refractivity contribution in [3.05, 3.63) is 42.0 Å². The standard InChI is InChI=1S/C13H13NO3/c1-8-5-12(16)13(7-11(8)14)17-10-4-2-3-9(15)6-10/h2-7,15-16H,14H2,1H3. The number of aromatic hydroxyl groups is 2. The summed E-state index contributed by atoms with van der Waals surface area (Å²) in [7, 11) is 0. The number of anilines is 1. The summed E-state index contributed by atoms with van der Waals surface area (Å²) >= 11 is 0. The number of phenols is 2. The Labute approximate surface area is 98.9 Å². The van der Waals surface area contributed by atoms with E-state index < -0.39 is 0 Å². The number of hydrogen-bond acceptors (Lipinski definition) is 4. The normalized spacial score (nSPS) is 10.2. The van der Waals surface area contributed by atoms with Gasteiger partial charge in [0.05, 0.1) is 0 Å². The maximum Gasteiger partial charge on any atom is 0.171 e. The molecule has 2 rings (SSSR count). The molecule has 0 aliphatic rings. The summed E-state index contributed by atoms with van der Waals surface area (Å²) in [5, 5.41) is 19.0. The van der Waals surface area contributed by atoms with Crippen LogP contribution in [0.15, 0.2) is 36.4 Å². The van der Waals surface area contributed by atoms with E-state index in [-0.39, 0.29) is 17.2 Å². The van der Waals surface area contributed by atoms with Crippen LogP contribution in [-0.2, 0) is 0 Å². The van der Waals surface area contributed by atoms with Crippen LogP contribution in [0.1, 0.15) is 5.56 Å². The predicted octanol–water partition coefficient (Wildman–Crippen LogP) is 2.78. The van der Waals surface area contributed by atoms with Crippen molar-refractivity contribution in [3.8, 4) is 23.0 Å². The summed E-state index contributed by atoms with van der Waals surface area (Å²) in [5.74, 6) is 0.810. The summed E-state index contributed by atoms with van der Waals surface area (Å²) in [6.45, 7) is 1.80. The molecule has 4 nitrogen and oxygen atoms in total. The largest absolute Gasteiger partial charge is 0.508 e. The van der Waals surface area contributed by atoms with Crippen molar-refractivity contribution >= 4 is 5.69 Å². The van der Waals surface area contributed by atoms with Gasteiger partial charge in [0.15, 0.2) is 11.5 Å². The fourth-order valence-electron chi connectivity index (χ4n) is 1.44. The van der Waals surface area contributed by atoms with Gasteiger partial charge in [-0.2, -0.15) is 0 Å². The number of nitrogen functional groups attached to an aromatic ring is 1. The van der Waals surface area contributed by atoms with Gasteiger partial charge < -0.3 is 20.7 Å². The molecule has 2 aromatic rings. The highest BCUT2D eigenvalue weighted by Crippen LogP contribution is 2.34. The second kappa shape index (κ2) is 4.25. The Bertz CT molecular complexity index is 552. The molecule has 4 heteroatoms. The molecule has 17 heavy (non-hydrogen) atoms. The third-order valence-electron chi connectivity index (χ3n) is 2.39. The predicted molar refractivity (Wildman–Crippen MR) is 65.4 cm³/mol. The van der Waals surface area contributed by atoms with Gasteiger partial charge in [-0.25, -0.2) is 0 Å². The zero-order valence-electron chi connectivity index (χ0n) is 9.34. The fraction of sp³-hybridized carbons (Fsp3) is 0.0769. The Morgan fingerprint density at radius 1 is 1.12 bits per heavy atom. The van der Waals surface area contributed by atoms with Gasteiger partial charge in [0, 0.05) is 17.8 Å². The monoisotopic (exact) mass is 231 g/mol. The van der Waals surface area contributed by atoms with Gasteiger partial charge in [-0.15, -0.1) is 0 Å². The smallest absolute Gasteiger partial charge is 0.171 e. The SMILES string of the molecule is Cc1cc(O)c(Oc2cccc(O)c2)cc1N. The van der Waals surface area contributed by atoms with Gasteiger partial charge in [0.2, 0.25) is 0 Å². The van der Waals surface area contributed by atoms with Gasteiger partial charge >= 0.3 is 0 Å². The lowest BCUT2D eigenvalue weighted by molar-refractivity contribution is 0.407. The zero-order chi connectivity index (χ0) is 12.4. The third kappa shape index (κ3) is 2.42. The van der Waals surface area contributed by atoms with Gasteiger partial charge in [0.25, 0.3) is 0 Å². The third-order valence-corrected chi connectivity index (χ3v) is 2.39. The Kier molecular flexibility index (Phi) is 2.78. The van der Waals surface area contributed by atoms with Crippen molar-refractivity contribution in [1.82, 2.24) is 0 Å². The van der Waals surface area contributed by atoms with Crippen LogP contribution in [0.4, 0.5) is 5.69 Å². The molecule has 0 fully saturated rings. The highest BCUT2D eigenvalue weighted by Gasteiger charge is 2.07. The number of ether oxygens (including phenoxy) is 1. The Morgan fingerprint density at radius 2 is 1.88 bits per heavy atom. The molecule has 0 spiro atoms. The number of nitrogens with two attached hydrogens (primary N) is 1. The maximum atomic E-state index is 9.70. The Morgan fingerprint density at radius 3 is 2.59 bits per heavy atom. The van der Waals surface area contributed by atoms with E-state index in [9.17, 15) is 10.2 Å². The molecule has 0 amide bonds. The summed E-state index contributed by atoms with van der Waals surface area (Å²) in [5.41, 5.74) is 7.06. The molecule has 0 saturated carbocycles. The molecule has 88 valence electrons. The molecule has 0 aromatic heterocycles. The topological polar surface area (TPSA) is 75.7 Å². The molecular weight excluding hydrogens is 218 g/mol. The van der Waals surface area contributed by atoms with Gasteiger partial charge in [-0.1, -0.05) is 6.07 Å². The summed E-state index contributed by atoms with van der Waals surface area (Å²) in [4.78, 5) is 0. The van der Waals surface area contributed by atoms with E-state index in [1.807, 2.05) is 0 Å². The minimum Gasteiger partial charge on any atom is -0.508 e. The minimum atomic E-state index is 0.0139. The molecule has 0 bridgehead atoms. The lowest BCUT2D eigenvalue weighted by atomic mass is 10.2. The molecule has 0 unspecified atom stereocenters. The Balaban J connectivity index is 2.33. The highest BCUT2D eigenvalue weighted by molar-refractivity contribution is 5.57. The van der Waals surface area contributed by atoms with Crippen molar-refractivity contribution < 1.29 is 14.9 Å². The quantitative estimate of drug-likeness (QED) is 0.548. The van der Waals surface area contributed by atoms with Crippen LogP contribution in [0.2, 0.25) is 0 Å². The van der Waals surface area contributed by atoms with E-state index in [1.165, 1.54) is 18.2 Å². The Hall–Kier alpha value is -2.36. The number of phenolic OH excluding ortho intramolecular Hbond substituents is 2. The zero-order valence-corrected chi connectivity index (χ0v) is 9.34. The first-order chi connectivity index (χ1) is 8.06. The lowest BCUT2D eigenvalue weighted by Crippen LogP contribution is -1.92. The first kappa shape index (κ1) is 11.1. The van der Waals surface area contributed by atoms with E-state index in [4.69, 9.17) is 10.5 Å². The number of rotatable bonds is 2. The van der Waals surface area contributed by atoms with Crippen LogP contribution >= 0.6 is 0 Å². The summed E-state index contributed by atoms with van der Waals surface area (Å²) in [6.07, 6.45) is 0. The van der Waals surface area contributed by atoms with Crippen LogP contribution in [0.5, 0.6) is 23.0 Å². The molecule has 0 heterocycles. The second-order valence-corrected chi connectivity index (χ2v) is 3.78. The van der Waals surface area contributed by atoms with Crippen LogP contribution in [0.25, 0.3) is 0 Å². The van der Waals surface area contributed by atoms with Crippen molar-refractivity contribution in [2.45, 2.75) is 6.92 Å². The van der Waals surface area contributed by atoms with E-state index in [0.29, 0.717) is 11.4 Å². The molecule has 4 N–H and O–H groups in total. The van der Waals surface area contributed by atoms with E-state index >= 15 is 0 Å². The minimum absolute atomic E-state index is 0.0139. The molecule has 0 saturated heterocycles. The van der Waals surface area contributed by atoms with Crippen molar-refractivity contribution in [2.24, 2.45) is 0 Å². The van der Waals surface area contributed by atoms with Crippen molar-refractivity contribution in [3.63, 3.8) is 0 Å². The molecular formula is C13H13NO3. The average Bonchev–Trinajstić information content (AvgIpc) is 2.26. The lowest BCUT2D eigenvalue weighted by Gasteiger charge is -2.10. The molecule has 0 aliphatic heterocycles. The van der Waals surface area contributed by atoms with Gasteiger partial charge in [-0.3, -0.25) is 0 Å². The van der Waals surface area contributed by atoms with Crippen molar-refractivity contribution in [1.29, 1.82) is 0 Å². The number of benzene rings is 2. The average molecular weight is 231 g/mol. The molecule has 0 radical (unpaired) electrons. The van der Waals surface area contributed by atoms with Crippen LogP contribution in [-0.4, -0.2) is 10.2 Å². The number of hydrogen-bond donors (Lipinski definition) is 3. The van der Waals surface area contributed by atoms with Gasteiger partial charge in [-0.05, 0) is 30.7 Å². The first-order valence-electron chi connectivity index (χ1n) is 5.12. The fourth-order valence-corrected chi connectivity index (χ4v) is 1.44. The number of aryl methyl sites for hydroxylation is 1. The summed E-state index contributed by atoms with van der Waals surface area (Å²) < 4.78 is 5.44. The summed E-state index contributed by atoms with van der Waals surface area (Å²) in [6, 6.07) is 9.41. The van der Waals surface area contributed by atoms with Crippen molar-refractivity contribution in [2.75, 3.05) is 5.73 Å². The first-order valence-corrected chi connectivity index (χ1v) is 5.12. The van der Waals surface area contributed by atoms with Gasteiger partial charge in [0.1, 0.15) is 11.5 Å². The second-order valence-electron chi connectivity index (χ2n) is 3.78. The van der Waals surface area contributed by atoms with E-state index in [2.05, 4.69) is 0 Å². The van der Waals surface area contributed by atoms with E-state index in [1.54, 1.807) is 25.1 Å². The van der Waals surface area contributed by atoms with Crippen LogP contribution < -0.4 is 10.5 Å². The van der Waals surface area contributed by atoms with E-state index in [0.717, 1.165) is 5.56 Å². The van der Waals surface area contributed by atoms with Crippen LogP contribution in [0, 0.1) is 6.92 Å². The van der Waals surface area contributed by atoms with Crippen LogP contribution in [0.3, 0.4) is 0 Å². The highest BCUT2D eigenvalue weighted by atomic mass is 16.5. The maximum absolute atomic E-state index is 9.70.